The van der Waals surface area contributed by atoms with E-state index < -0.39 is 0 Å². The molecule has 0 atom stereocenters. The van der Waals surface area contributed by atoms with Crippen LogP contribution in [0.25, 0.3) is 11.4 Å². The van der Waals surface area contributed by atoms with E-state index >= 15 is 0 Å². The van der Waals surface area contributed by atoms with Crippen molar-refractivity contribution in [3.05, 3.63) is 59.6 Å². The van der Waals surface area contributed by atoms with Crippen molar-refractivity contribution in [2.45, 2.75) is 19.4 Å². The third-order valence-electron chi connectivity index (χ3n) is 4.17. The molecule has 0 saturated heterocycles. The molecule has 3 rings (SSSR count). The third kappa shape index (κ3) is 5.79. The molecule has 1 amide bonds. The van der Waals surface area contributed by atoms with Crippen molar-refractivity contribution in [1.29, 1.82) is 0 Å². The van der Waals surface area contributed by atoms with E-state index in [1.807, 2.05) is 30.3 Å². The molecule has 0 aliphatic rings. The van der Waals surface area contributed by atoms with Gasteiger partial charge in [-0.15, -0.1) is 10.2 Å². The number of aryl methyl sites for hydroxylation is 1. The minimum absolute atomic E-state index is 0.0584. The number of halogens is 1. The molecule has 0 radical (unpaired) electrons. The molecule has 0 fully saturated rings. The predicted molar refractivity (Wildman–Crippen MR) is 107 cm³/mol. The molecular formula is C20H22ClN5O2. The van der Waals surface area contributed by atoms with Crippen molar-refractivity contribution >= 4 is 17.5 Å². The smallest absolute Gasteiger partial charge is 0.222 e. The molecule has 8 heteroatoms. The lowest BCUT2D eigenvalue weighted by Crippen LogP contribution is -2.30. The Balaban J connectivity index is 1.37. The second-order valence-corrected chi connectivity index (χ2v) is 6.73. The summed E-state index contributed by atoms with van der Waals surface area (Å²) in [7, 11) is 1.77. The number of ether oxygens (including phenoxy) is 1. The number of aromatic nitrogens is 4. The lowest BCUT2D eigenvalue weighted by molar-refractivity contribution is -0.130. The molecule has 0 unspecified atom stereocenters. The molecule has 0 spiro atoms. The van der Waals surface area contributed by atoms with Crippen molar-refractivity contribution in [3.8, 4) is 17.1 Å². The van der Waals surface area contributed by atoms with Crippen LogP contribution in [0.2, 0.25) is 5.02 Å². The van der Waals surface area contributed by atoms with Crippen LogP contribution in [-0.4, -0.2) is 51.2 Å². The molecule has 1 heterocycles. The monoisotopic (exact) mass is 399 g/mol. The number of tetrazole rings is 1. The van der Waals surface area contributed by atoms with Crippen LogP contribution in [0.15, 0.2) is 54.6 Å². The summed E-state index contributed by atoms with van der Waals surface area (Å²) in [6, 6.07) is 16.8. The minimum atomic E-state index is 0.0584. The van der Waals surface area contributed by atoms with Gasteiger partial charge in [-0.3, -0.25) is 4.79 Å². The first-order valence-electron chi connectivity index (χ1n) is 9.07. The SMILES string of the molecule is CN(CCOc1ccc(Cl)cc1)C(=O)CCCn1nnc(-c2ccccc2)n1. The van der Waals surface area contributed by atoms with Gasteiger partial charge in [0.2, 0.25) is 11.7 Å². The fourth-order valence-electron chi connectivity index (χ4n) is 2.56. The van der Waals surface area contributed by atoms with Gasteiger partial charge in [-0.25, -0.2) is 0 Å². The number of nitrogens with zero attached hydrogens (tertiary/aromatic N) is 5. The molecule has 0 bridgehead atoms. The standard InChI is InChI=1S/C20H22ClN5O2/c1-25(14-15-28-18-11-9-17(21)10-12-18)19(27)8-5-13-26-23-20(22-24-26)16-6-3-2-4-7-16/h2-4,6-7,9-12H,5,8,13-15H2,1H3. The molecule has 28 heavy (non-hydrogen) atoms. The first-order valence-corrected chi connectivity index (χ1v) is 9.45. The van der Waals surface area contributed by atoms with Gasteiger partial charge in [-0.2, -0.15) is 4.80 Å². The Morgan fingerprint density at radius 2 is 1.89 bits per heavy atom. The summed E-state index contributed by atoms with van der Waals surface area (Å²) in [6.45, 7) is 1.48. The highest BCUT2D eigenvalue weighted by atomic mass is 35.5. The van der Waals surface area contributed by atoms with Gasteiger partial charge in [-0.1, -0.05) is 41.9 Å². The van der Waals surface area contributed by atoms with E-state index in [0.29, 0.717) is 43.4 Å². The summed E-state index contributed by atoms with van der Waals surface area (Å²) in [5.74, 6) is 1.38. The number of amides is 1. The molecule has 2 aromatic carbocycles. The Kier molecular flexibility index (Phi) is 6.97. The van der Waals surface area contributed by atoms with E-state index in [1.54, 1.807) is 36.2 Å². The van der Waals surface area contributed by atoms with Crippen molar-refractivity contribution in [2.75, 3.05) is 20.2 Å². The van der Waals surface area contributed by atoms with Crippen LogP contribution >= 0.6 is 11.6 Å². The quantitative estimate of drug-likeness (QED) is 0.552. The summed E-state index contributed by atoms with van der Waals surface area (Å²) in [4.78, 5) is 15.4. The van der Waals surface area contributed by atoms with Crippen LogP contribution in [0.5, 0.6) is 5.75 Å². The first-order chi connectivity index (χ1) is 13.6. The number of rotatable bonds is 9. The molecular weight excluding hydrogens is 378 g/mol. The minimum Gasteiger partial charge on any atom is -0.492 e. The zero-order valence-corrected chi connectivity index (χ0v) is 16.4. The molecule has 1 aromatic heterocycles. The number of hydrogen-bond donors (Lipinski definition) is 0. The third-order valence-corrected chi connectivity index (χ3v) is 4.42. The van der Waals surface area contributed by atoms with Gasteiger partial charge in [-0.05, 0) is 35.9 Å². The zero-order valence-electron chi connectivity index (χ0n) is 15.7. The van der Waals surface area contributed by atoms with Crippen LogP contribution in [0.3, 0.4) is 0 Å². The van der Waals surface area contributed by atoms with Crippen LogP contribution in [0.4, 0.5) is 0 Å². The molecule has 0 N–H and O–H groups in total. The predicted octanol–water partition coefficient (Wildman–Crippen LogP) is 3.31. The second-order valence-electron chi connectivity index (χ2n) is 6.30. The Bertz CT molecular complexity index is 883. The van der Waals surface area contributed by atoms with E-state index in [1.165, 1.54) is 4.80 Å². The van der Waals surface area contributed by atoms with E-state index in [4.69, 9.17) is 16.3 Å². The zero-order chi connectivity index (χ0) is 19.8. The Morgan fingerprint density at radius 1 is 1.14 bits per heavy atom. The van der Waals surface area contributed by atoms with Gasteiger partial charge < -0.3 is 9.64 Å². The average molecular weight is 400 g/mol. The van der Waals surface area contributed by atoms with Gasteiger partial charge >= 0.3 is 0 Å². The molecule has 0 aliphatic carbocycles. The summed E-state index contributed by atoms with van der Waals surface area (Å²) >= 11 is 5.84. The lowest BCUT2D eigenvalue weighted by atomic mass is 10.2. The van der Waals surface area contributed by atoms with Crippen molar-refractivity contribution in [2.24, 2.45) is 0 Å². The van der Waals surface area contributed by atoms with E-state index in [-0.39, 0.29) is 5.91 Å². The van der Waals surface area contributed by atoms with Gasteiger partial charge in [0, 0.05) is 24.1 Å². The Hall–Kier alpha value is -2.93. The normalized spacial score (nSPS) is 10.6. The highest BCUT2D eigenvalue weighted by molar-refractivity contribution is 6.30. The largest absolute Gasteiger partial charge is 0.492 e. The van der Waals surface area contributed by atoms with E-state index in [0.717, 1.165) is 11.3 Å². The van der Waals surface area contributed by atoms with Crippen LogP contribution in [0, 0.1) is 0 Å². The maximum atomic E-state index is 12.2. The number of carbonyl (C=O) groups excluding carboxylic acids is 1. The second kappa shape index (κ2) is 9.85. The number of hydrogen-bond acceptors (Lipinski definition) is 5. The van der Waals surface area contributed by atoms with Crippen molar-refractivity contribution < 1.29 is 9.53 Å². The summed E-state index contributed by atoms with van der Waals surface area (Å²) in [5.41, 5.74) is 0.922. The first kappa shape index (κ1) is 19.8. The fourth-order valence-corrected chi connectivity index (χ4v) is 2.69. The van der Waals surface area contributed by atoms with Crippen molar-refractivity contribution in [1.82, 2.24) is 25.1 Å². The lowest BCUT2D eigenvalue weighted by Gasteiger charge is -2.17. The topological polar surface area (TPSA) is 73.1 Å². The van der Waals surface area contributed by atoms with Crippen LogP contribution in [0.1, 0.15) is 12.8 Å². The summed E-state index contributed by atoms with van der Waals surface area (Å²) in [6.07, 6.45) is 1.06. The maximum Gasteiger partial charge on any atom is 0.222 e. The maximum absolute atomic E-state index is 12.2. The molecule has 0 saturated carbocycles. The molecule has 0 aliphatic heterocycles. The van der Waals surface area contributed by atoms with Gasteiger partial charge in [0.25, 0.3) is 0 Å². The van der Waals surface area contributed by atoms with Gasteiger partial charge in [0.05, 0.1) is 13.1 Å². The molecule has 3 aromatic rings. The molecule has 7 nitrogen and oxygen atoms in total. The van der Waals surface area contributed by atoms with E-state index in [9.17, 15) is 4.79 Å². The average Bonchev–Trinajstić information content (AvgIpc) is 3.19. The highest BCUT2D eigenvalue weighted by Crippen LogP contribution is 2.15. The summed E-state index contributed by atoms with van der Waals surface area (Å²) in [5, 5.41) is 13.1. The fraction of sp³-hybridized carbons (Fsp3) is 0.300. The molecule has 146 valence electrons. The Morgan fingerprint density at radius 3 is 2.64 bits per heavy atom. The van der Waals surface area contributed by atoms with Gasteiger partial charge in [0.15, 0.2) is 0 Å². The van der Waals surface area contributed by atoms with Crippen LogP contribution < -0.4 is 4.74 Å². The highest BCUT2D eigenvalue weighted by Gasteiger charge is 2.10. The number of likely N-dealkylation sites (N-methyl/N-ethyl adjacent to an activating group) is 1. The Labute approximate surface area is 168 Å². The summed E-state index contributed by atoms with van der Waals surface area (Å²) < 4.78 is 5.62. The van der Waals surface area contributed by atoms with E-state index in [2.05, 4.69) is 15.4 Å². The van der Waals surface area contributed by atoms with Gasteiger partial charge in [0.1, 0.15) is 12.4 Å². The van der Waals surface area contributed by atoms with Crippen molar-refractivity contribution in [3.63, 3.8) is 0 Å². The number of carbonyl (C=O) groups is 1. The number of benzene rings is 2. The van der Waals surface area contributed by atoms with Crippen LogP contribution in [-0.2, 0) is 11.3 Å².